The summed E-state index contributed by atoms with van der Waals surface area (Å²) in [7, 11) is 1.80. The van der Waals surface area contributed by atoms with Gasteiger partial charge in [-0.1, -0.05) is 17.3 Å². The zero-order chi connectivity index (χ0) is 11.5. The molecule has 1 unspecified atom stereocenters. The lowest BCUT2D eigenvalue weighted by Gasteiger charge is -2.01. The van der Waals surface area contributed by atoms with Crippen molar-refractivity contribution in [3.05, 3.63) is 36.0 Å². The van der Waals surface area contributed by atoms with Crippen LogP contribution in [0.5, 0.6) is 0 Å². The Kier molecular flexibility index (Phi) is 2.96. The van der Waals surface area contributed by atoms with E-state index in [-0.39, 0.29) is 11.9 Å². The first kappa shape index (κ1) is 10.8. The fourth-order valence-electron chi connectivity index (χ4n) is 1.28. The maximum absolute atomic E-state index is 13.0. The van der Waals surface area contributed by atoms with E-state index >= 15 is 0 Å². The Labute approximate surface area is 92.5 Å². The highest BCUT2D eigenvalue weighted by molar-refractivity contribution is 5.53. The average molecular weight is 221 g/mol. The number of aromatic nitrogens is 2. The summed E-state index contributed by atoms with van der Waals surface area (Å²) in [4.78, 5) is 4.19. The number of rotatable bonds is 3. The average Bonchev–Trinajstić information content (AvgIpc) is 2.77. The highest BCUT2D eigenvalue weighted by Crippen LogP contribution is 2.18. The molecule has 0 bridgehead atoms. The number of halogens is 1. The summed E-state index contributed by atoms with van der Waals surface area (Å²) in [6.45, 7) is 1.91. The molecule has 1 heterocycles. The van der Waals surface area contributed by atoms with Gasteiger partial charge in [-0.05, 0) is 26.1 Å². The molecule has 16 heavy (non-hydrogen) atoms. The Morgan fingerprint density at radius 3 is 2.94 bits per heavy atom. The van der Waals surface area contributed by atoms with Gasteiger partial charge in [0.1, 0.15) is 5.82 Å². The van der Waals surface area contributed by atoms with Crippen LogP contribution < -0.4 is 5.32 Å². The lowest BCUT2D eigenvalue weighted by Crippen LogP contribution is -2.12. The predicted octanol–water partition coefficient (Wildman–Crippen LogP) is 2.16. The first-order valence-electron chi connectivity index (χ1n) is 4.97. The number of benzene rings is 1. The van der Waals surface area contributed by atoms with Crippen LogP contribution in [0, 0.1) is 5.82 Å². The zero-order valence-corrected chi connectivity index (χ0v) is 9.07. The van der Waals surface area contributed by atoms with Gasteiger partial charge in [-0.2, -0.15) is 4.98 Å². The van der Waals surface area contributed by atoms with Crippen LogP contribution in [0.25, 0.3) is 11.4 Å². The van der Waals surface area contributed by atoms with Gasteiger partial charge >= 0.3 is 0 Å². The standard InChI is InChI=1S/C11H12FN3O/c1-7(13-2)11-14-10(15-16-11)8-4-3-5-9(12)6-8/h3-7,13H,1-2H3. The molecule has 0 aliphatic rings. The Morgan fingerprint density at radius 1 is 1.44 bits per heavy atom. The molecular formula is C11H12FN3O. The van der Waals surface area contributed by atoms with Crippen molar-refractivity contribution in [2.24, 2.45) is 0 Å². The minimum absolute atomic E-state index is 0.0187. The Hall–Kier alpha value is -1.75. The van der Waals surface area contributed by atoms with E-state index in [9.17, 15) is 4.39 Å². The third kappa shape index (κ3) is 2.09. The summed E-state index contributed by atoms with van der Waals surface area (Å²) in [6, 6.07) is 6.08. The van der Waals surface area contributed by atoms with Crippen LogP contribution in [-0.4, -0.2) is 17.2 Å². The van der Waals surface area contributed by atoms with Crippen molar-refractivity contribution in [2.45, 2.75) is 13.0 Å². The molecule has 1 atom stereocenters. The minimum Gasteiger partial charge on any atom is -0.337 e. The molecule has 1 aromatic heterocycles. The summed E-state index contributed by atoms with van der Waals surface area (Å²) < 4.78 is 18.1. The fourth-order valence-corrected chi connectivity index (χ4v) is 1.28. The van der Waals surface area contributed by atoms with Crippen molar-refractivity contribution in [3.8, 4) is 11.4 Å². The van der Waals surface area contributed by atoms with Crippen molar-refractivity contribution in [2.75, 3.05) is 7.05 Å². The molecule has 0 fully saturated rings. The summed E-state index contributed by atoms with van der Waals surface area (Å²) >= 11 is 0. The van der Waals surface area contributed by atoms with Crippen molar-refractivity contribution < 1.29 is 8.91 Å². The Bertz CT molecular complexity index is 484. The zero-order valence-electron chi connectivity index (χ0n) is 9.07. The normalized spacial score (nSPS) is 12.7. The summed E-state index contributed by atoms with van der Waals surface area (Å²) in [5.74, 6) is 0.573. The number of hydrogen-bond acceptors (Lipinski definition) is 4. The van der Waals surface area contributed by atoms with Crippen molar-refractivity contribution >= 4 is 0 Å². The molecule has 4 nitrogen and oxygen atoms in total. The molecule has 0 saturated heterocycles. The highest BCUT2D eigenvalue weighted by atomic mass is 19.1. The molecular weight excluding hydrogens is 209 g/mol. The first-order valence-corrected chi connectivity index (χ1v) is 4.97. The third-order valence-electron chi connectivity index (χ3n) is 2.33. The van der Waals surface area contributed by atoms with Crippen LogP contribution >= 0.6 is 0 Å². The smallest absolute Gasteiger partial charge is 0.243 e. The van der Waals surface area contributed by atoms with Crippen molar-refractivity contribution in [3.63, 3.8) is 0 Å². The van der Waals surface area contributed by atoms with E-state index in [1.54, 1.807) is 19.2 Å². The van der Waals surface area contributed by atoms with Crippen LogP contribution in [0.2, 0.25) is 0 Å². The monoisotopic (exact) mass is 221 g/mol. The van der Waals surface area contributed by atoms with Crippen LogP contribution in [0.1, 0.15) is 18.9 Å². The minimum atomic E-state index is -0.314. The van der Waals surface area contributed by atoms with Crippen LogP contribution in [0.3, 0.4) is 0 Å². The number of hydrogen-bond donors (Lipinski definition) is 1. The van der Waals surface area contributed by atoms with E-state index in [0.29, 0.717) is 17.3 Å². The van der Waals surface area contributed by atoms with Crippen LogP contribution in [0.4, 0.5) is 4.39 Å². The largest absolute Gasteiger partial charge is 0.337 e. The Balaban J connectivity index is 2.31. The maximum atomic E-state index is 13.0. The molecule has 2 rings (SSSR count). The topological polar surface area (TPSA) is 51.0 Å². The predicted molar refractivity (Wildman–Crippen MR) is 57.2 cm³/mol. The number of nitrogens with zero attached hydrogens (tertiary/aromatic N) is 2. The summed E-state index contributed by atoms with van der Waals surface area (Å²) in [5, 5.41) is 6.79. The van der Waals surface area contributed by atoms with E-state index in [1.807, 2.05) is 6.92 Å². The fraction of sp³-hybridized carbons (Fsp3) is 0.273. The van der Waals surface area contributed by atoms with E-state index in [1.165, 1.54) is 12.1 Å². The SMILES string of the molecule is CNC(C)c1nc(-c2cccc(F)c2)no1. The summed E-state index contributed by atoms with van der Waals surface area (Å²) in [6.07, 6.45) is 0. The molecule has 5 heteroatoms. The van der Waals surface area contributed by atoms with Crippen LogP contribution in [-0.2, 0) is 0 Å². The molecule has 1 N–H and O–H groups in total. The molecule has 0 spiro atoms. The molecule has 0 saturated carbocycles. The second kappa shape index (κ2) is 4.40. The van der Waals surface area contributed by atoms with Gasteiger partial charge in [0, 0.05) is 5.56 Å². The van der Waals surface area contributed by atoms with Gasteiger partial charge in [0.05, 0.1) is 6.04 Å². The van der Waals surface area contributed by atoms with E-state index in [4.69, 9.17) is 4.52 Å². The summed E-state index contributed by atoms with van der Waals surface area (Å²) in [5.41, 5.74) is 0.610. The maximum Gasteiger partial charge on any atom is 0.243 e. The third-order valence-corrected chi connectivity index (χ3v) is 2.33. The van der Waals surface area contributed by atoms with Crippen molar-refractivity contribution in [1.82, 2.24) is 15.5 Å². The lowest BCUT2D eigenvalue weighted by molar-refractivity contribution is 0.347. The van der Waals surface area contributed by atoms with Gasteiger partial charge in [0.25, 0.3) is 0 Å². The Morgan fingerprint density at radius 2 is 2.25 bits per heavy atom. The van der Waals surface area contributed by atoms with E-state index < -0.39 is 0 Å². The second-order valence-electron chi connectivity index (χ2n) is 3.48. The molecule has 0 aliphatic heterocycles. The quantitative estimate of drug-likeness (QED) is 0.862. The van der Waals surface area contributed by atoms with Gasteiger partial charge < -0.3 is 9.84 Å². The highest BCUT2D eigenvalue weighted by Gasteiger charge is 2.13. The first-order chi connectivity index (χ1) is 7.70. The van der Waals surface area contributed by atoms with Crippen molar-refractivity contribution in [1.29, 1.82) is 0 Å². The van der Waals surface area contributed by atoms with E-state index in [2.05, 4.69) is 15.5 Å². The van der Waals surface area contributed by atoms with E-state index in [0.717, 1.165) is 0 Å². The second-order valence-corrected chi connectivity index (χ2v) is 3.48. The van der Waals surface area contributed by atoms with Gasteiger partial charge in [-0.25, -0.2) is 4.39 Å². The molecule has 1 aromatic carbocycles. The number of nitrogens with one attached hydrogen (secondary N) is 1. The van der Waals surface area contributed by atoms with Gasteiger partial charge in [0.15, 0.2) is 0 Å². The molecule has 2 aromatic rings. The molecule has 0 amide bonds. The molecule has 0 aliphatic carbocycles. The van der Waals surface area contributed by atoms with Gasteiger partial charge in [-0.15, -0.1) is 0 Å². The van der Waals surface area contributed by atoms with Gasteiger partial charge in [-0.3, -0.25) is 0 Å². The molecule has 0 radical (unpaired) electrons. The lowest BCUT2D eigenvalue weighted by atomic mass is 10.2. The van der Waals surface area contributed by atoms with Gasteiger partial charge in [0.2, 0.25) is 11.7 Å². The molecule has 84 valence electrons. The van der Waals surface area contributed by atoms with Crippen LogP contribution in [0.15, 0.2) is 28.8 Å².